The topological polar surface area (TPSA) is 69.6 Å². The van der Waals surface area contributed by atoms with E-state index in [-0.39, 0.29) is 11.9 Å². The quantitative estimate of drug-likeness (QED) is 0.851. The van der Waals surface area contributed by atoms with Gasteiger partial charge in [-0.1, -0.05) is 0 Å². The van der Waals surface area contributed by atoms with E-state index in [1.54, 1.807) is 13.3 Å². The predicted molar refractivity (Wildman–Crippen MR) is 101 cm³/mol. The number of hydrogen-bond donors (Lipinski definition) is 1. The first kappa shape index (κ1) is 17.0. The lowest BCUT2D eigenvalue weighted by Gasteiger charge is -2.37. The van der Waals surface area contributed by atoms with E-state index in [1.165, 1.54) is 0 Å². The Morgan fingerprint density at radius 1 is 1.04 bits per heavy atom. The molecule has 1 aromatic heterocycles. The lowest BCUT2D eigenvalue weighted by molar-refractivity contribution is 0.0732. The molecule has 0 amide bonds. The standard InChI is InChI=1S/C20H24N4O2/c1-14(25)15-2-4-17(5-3-15)23-6-8-24(9-7-23)20-12-19(21-13-22-20)16-10-18(26)11-16/h2-5,12-13,16,18,26H,6-11H2,1H3. The minimum Gasteiger partial charge on any atom is -0.393 e. The predicted octanol–water partition coefficient (Wildman–Crippen LogP) is 2.24. The maximum atomic E-state index is 11.4. The fourth-order valence-electron chi connectivity index (χ4n) is 3.69. The number of Topliss-reactive ketones (excluding diaryl/α,β-unsaturated/α-hetero) is 1. The molecule has 0 atom stereocenters. The SMILES string of the molecule is CC(=O)c1ccc(N2CCN(c3cc(C4CC(O)C4)ncn3)CC2)cc1. The molecule has 0 unspecified atom stereocenters. The third-order valence-electron chi connectivity index (χ3n) is 5.45. The monoisotopic (exact) mass is 352 g/mol. The van der Waals surface area contributed by atoms with Crippen LogP contribution in [0.15, 0.2) is 36.7 Å². The summed E-state index contributed by atoms with van der Waals surface area (Å²) in [5, 5.41) is 9.50. The van der Waals surface area contributed by atoms with Gasteiger partial charge in [0.05, 0.1) is 6.10 Å². The molecule has 0 spiro atoms. The maximum absolute atomic E-state index is 11.4. The molecule has 2 fully saturated rings. The van der Waals surface area contributed by atoms with Gasteiger partial charge in [-0.2, -0.15) is 0 Å². The average molecular weight is 352 g/mol. The van der Waals surface area contributed by atoms with Crippen molar-refractivity contribution >= 4 is 17.3 Å². The number of ketones is 1. The van der Waals surface area contributed by atoms with Gasteiger partial charge in [0.15, 0.2) is 5.78 Å². The van der Waals surface area contributed by atoms with Crippen LogP contribution in [0, 0.1) is 0 Å². The Morgan fingerprint density at radius 2 is 1.69 bits per heavy atom. The number of carbonyl (C=O) groups excluding carboxylic acids is 1. The molecule has 26 heavy (non-hydrogen) atoms. The Morgan fingerprint density at radius 3 is 2.31 bits per heavy atom. The minimum absolute atomic E-state index is 0.0971. The number of rotatable bonds is 4. The largest absolute Gasteiger partial charge is 0.393 e. The molecule has 4 rings (SSSR count). The summed E-state index contributed by atoms with van der Waals surface area (Å²) >= 11 is 0. The van der Waals surface area contributed by atoms with E-state index in [0.717, 1.165) is 61.8 Å². The van der Waals surface area contributed by atoms with Crippen LogP contribution in [0.5, 0.6) is 0 Å². The van der Waals surface area contributed by atoms with Crippen molar-refractivity contribution in [2.24, 2.45) is 0 Å². The van der Waals surface area contributed by atoms with Crippen LogP contribution < -0.4 is 9.80 Å². The zero-order valence-corrected chi connectivity index (χ0v) is 15.0. The van der Waals surface area contributed by atoms with Crippen LogP contribution >= 0.6 is 0 Å². The molecule has 6 heteroatoms. The summed E-state index contributed by atoms with van der Waals surface area (Å²) in [7, 11) is 0. The molecule has 1 aliphatic carbocycles. The number of benzene rings is 1. The minimum atomic E-state index is -0.170. The number of aliphatic hydroxyl groups is 1. The van der Waals surface area contributed by atoms with E-state index in [2.05, 4.69) is 25.8 Å². The van der Waals surface area contributed by atoms with Crippen LogP contribution in [0.2, 0.25) is 0 Å². The van der Waals surface area contributed by atoms with Crippen LogP contribution in [0.1, 0.15) is 41.7 Å². The normalized spacial score (nSPS) is 22.8. The van der Waals surface area contributed by atoms with Crippen molar-refractivity contribution in [3.8, 4) is 0 Å². The van der Waals surface area contributed by atoms with Gasteiger partial charge in [-0.25, -0.2) is 9.97 Å². The van der Waals surface area contributed by atoms with Crippen molar-refractivity contribution in [2.45, 2.75) is 31.8 Å². The molecule has 1 saturated carbocycles. The molecule has 0 bridgehead atoms. The van der Waals surface area contributed by atoms with Gasteiger partial charge in [0.2, 0.25) is 0 Å². The Hall–Kier alpha value is -2.47. The molecule has 0 radical (unpaired) electrons. The Bertz CT molecular complexity index is 779. The van der Waals surface area contributed by atoms with Crippen molar-refractivity contribution in [2.75, 3.05) is 36.0 Å². The number of piperazine rings is 1. The molecular formula is C20H24N4O2. The third kappa shape index (κ3) is 3.42. The summed E-state index contributed by atoms with van der Waals surface area (Å²) in [5.41, 5.74) is 2.95. The van der Waals surface area contributed by atoms with E-state index in [1.807, 2.05) is 24.3 Å². The first-order valence-electron chi connectivity index (χ1n) is 9.21. The highest BCUT2D eigenvalue weighted by Gasteiger charge is 2.30. The van der Waals surface area contributed by atoms with Crippen molar-refractivity contribution in [3.63, 3.8) is 0 Å². The van der Waals surface area contributed by atoms with E-state index in [9.17, 15) is 9.90 Å². The third-order valence-corrected chi connectivity index (χ3v) is 5.45. The Labute approximate surface area is 153 Å². The Kier molecular flexibility index (Phi) is 4.59. The highest BCUT2D eigenvalue weighted by atomic mass is 16.3. The van der Waals surface area contributed by atoms with E-state index in [0.29, 0.717) is 5.92 Å². The first-order chi connectivity index (χ1) is 12.6. The summed E-state index contributed by atoms with van der Waals surface area (Å²) in [4.78, 5) is 24.9. The molecule has 2 aliphatic rings. The molecule has 1 saturated heterocycles. The summed E-state index contributed by atoms with van der Waals surface area (Å²) in [6.07, 6.45) is 3.08. The number of aromatic nitrogens is 2. The van der Waals surface area contributed by atoms with Crippen LogP contribution in [0.3, 0.4) is 0 Å². The zero-order valence-electron chi connectivity index (χ0n) is 15.0. The van der Waals surface area contributed by atoms with Gasteiger partial charge in [0.1, 0.15) is 12.1 Å². The summed E-state index contributed by atoms with van der Waals surface area (Å²) in [6.45, 7) is 5.23. The van der Waals surface area contributed by atoms with Crippen molar-refractivity contribution in [1.82, 2.24) is 9.97 Å². The van der Waals surface area contributed by atoms with Gasteiger partial charge in [-0.3, -0.25) is 4.79 Å². The molecular weight excluding hydrogens is 328 g/mol. The zero-order chi connectivity index (χ0) is 18.1. The molecule has 6 nitrogen and oxygen atoms in total. The van der Waals surface area contributed by atoms with E-state index < -0.39 is 0 Å². The second kappa shape index (κ2) is 7.03. The average Bonchev–Trinajstić information content (AvgIpc) is 2.66. The number of carbonyl (C=O) groups is 1. The van der Waals surface area contributed by atoms with Gasteiger partial charge in [-0.05, 0) is 44.0 Å². The number of aliphatic hydroxyl groups excluding tert-OH is 1. The fraction of sp³-hybridized carbons (Fsp3) is 0.450. The lowest BCUT2D eigenvalue weighted by atomic mass is 9.80. The van der Waals surface area contributed by atoms with Crippen LogP contribution in [-0.2, 0) is 0 Å². The van der Waals surface area contributed by atoms with Crippen LogP contribution in [-0.4, -0.2) is 53.1 Å². The van der Waals surface area contributed by atoms with Crippen molar-refractivity contribution < 1.29 is 9.90 Å². The van der Waals surface area contributed by atoms with Gasteiger partial charge in [0.25, 0.3) is 0 Å². The molecule has 2 heterocycles. The maximum Gasteiger partial charge on any atom is 0.159 e. The number of anilines is 2. The van der Waals surface area contributed by atoms with Gasteiger partial charge < -0.3 is 14.9 Å². The van der Waals surface area contributed by atoms with Crippen molar-refractivity contribution in [3.05, 3.63) is 47.9 Å². The van der Waals surface area contributed by atoms with E-state index >= 15 is 0 Å². The highest BCUT2D eigenvalue weighted by molar-refractivity contribution is 5.94. The number of hydrogen-bond acceptors (Lipinski definition) is 6. The van der Waals surface area contributed by atoms with Gasteiger partial charge in [-0.15, -0.1) is 0 Å². The fourth-order valence-corrected chi connectivity index (χ4v) is 3.69. The molecule has 2 aromatic rings. The first-order valence-corrected chi connectivity index (χ1v) is 9.21. The highest BCUT2D eigenvalue weighted by Crippen LogP contribution is 2.36. The molecule has 1 aliphatic heterocycles. The lowest BCUT2D eigenvalue weighted by Crippen LogP contribution is -2.47. The smallest absolute Gasteiger partial charge is 0.159 e. The van der Waals surface area contributed by atoms with Gasteiger partial charge >= 0.3 is 0 Å². The van der Waals surface area contributed by atoms with Crippen molar-refractivity contribution in [1.29, 1.82) is 0 Å². The molecule has 1 aromatic carbocycles. The second-order valence-corrected chi connectivity index (χ2v) is 7.20. The van der Waals surface area contributed by atoms with Crippen LogP contribution in [0.25, 0.3) is 0 Å². The Balaban J connectivity index is 1.39. The molecule has 1 N–H and O–H groups in total. The van der Waals surface area contributed by atoms with Gasteiger partial charge in [0, 0.05) is 55.1 Å². The summed E-state index contributed by atoms with van der Waals surface area (Å²) in [5.74, 6) is 1.44. The summed E-state index contributed by atoms with van der Waals surface area (Å²) in [6, 6.07) is 9.92. The second-order valence-electron chi connectivity index (χ2n) is 7.20. The van der Waals surface area contributed by atoms with E-state index in [4.69, 9.17) is 0 Å². The molecule has 136 valence electrons. The van der Waals surface area contributed by atoms with Crippen LogP contribution in [0.4, 0.5) is 11.5 Å². The number of nitrogens with zero attached hydrogens (tertiary/aromatic N) is 4. The summed E-state index contributed by atoms with van der Waals surface area (Å²) < 4.78 is 0.